The van der Waals surface area contributed by atoms with Gasteiger partial charge in [0.1, 0.15) is 0 Å². The van der Waals surface area contributed by atoms with Crippen LogP contribution in [-0.2, 0) is 9.47 Å². The Morgan fingerprint density at radius 2 is 2.35 bits per heavy atom. The molecule has 5 heteroatoms. The van der Waals surface area contributed by atoms with E-state index in [-0.39, 0.29) is 12.1 Å². The first-order valence-corrected chi connectivity index (χ1v) is 6.99. The van der Waals surface area contributed by atoms with Crippen molar-refractivity contribution in [3.05, 3.63) is 23.8 Å². The molecule has 2 unspecified atom stereocenters. The third-order valence-corrected chi connectivity index (χ3v) is 3.79. The maximum absolute atomic E-state index is 11.8. The van der Waals surface area contributed by atoms with Crippen molar-refractivity contribution in [3.63, 3.8) is 0 Å². The third-order valence-electron chi connectivity index (χ3n) is 3.79. The Balaban J connectivity index is 2.10. The van der Waals surface area contributed by atoms with Gasteiger partial charge >= 0.3 is 5.97 Å². The molecule has 1 saturated heterocycles. The molecule has 0 aromatic heterocycles. The molecule has 0 bridgehead atoms. The summed E-state index contributed by atoms with van der Waals surface area (Å²) in [6, 6.07) is 5.24. The van der Waals surface area contributed by atoms with E-state index >= 15 is 0 Å². The number of benzene rings is 1. The molecule has 0 radical (unpaired) electrons. The molecule has 5 nitrogen and oxygen atoms in total. The number of nitrogen functional groups attached to an aromatic ring is 1. The Morgan fingerprint density at radius 3 is 3.05 bits per heavy atom. The fourth-order valence-corrected chi connectivity index (χ4v) is 2.66. The molecule has 0 aliphatic carbocycles. The van der Waals surface area contributed by atoms with Crippen LogP contribution < -0.4 is 11.1 Å². The van der Waals surface area contributed by atoms with Crippen molar-refractivity contribution >= 4 is 17.3 Å². The van der Waals surface area contributed by atoms with E-state index in [1.165, 1.54) is 7.11 Å². The minimum atomic E-state index is -0.380. The number of ether oxygens (including phenoxy) is 2. The van der Waals surface area contributed by atoms with Gasteiger partial charge in [-0.15, -0.1) is 0 Å². The molecule has 3 N–H and O–H groups in total. The average Bonchev–Trinajstić information content (AvgIpc) is 2.92. The Labute approximate surface area is 119 Å². The fraction of sp³-hybridized carbons (Fsp3) is 0.533. The first-order valence-electron chi connectivity index (χ1n) is 6.99. The molecular formula is C15H22N2O3. The number of hydrogen-bond acceptors (Lipinski definition) is 5. The van der Waals surface area contributed by atoms with Crippen LogP contribution in [0.15, 0.2) is 18.2 Å². The minimum absolute atomic E-state index is 0.286. The summed E-state index contributed by atoms with van der Waals surface area (Å²) in [5.74, 6) is 0.0691. The van der Waals surface area contributed by atoms with E-state index in [1.807, 2.05) is 0 Å². The molecule has 0 spiro atoms. The summed E-state index contributed by atoms with van der Waals surface area (Å²) < 4.78 is 10.5. The van der Waals surface area contributed by atoms with Gasteiger partial charge in [-0.3, -0.25) is 0 Å². The molecule has 1 aliphatic rings. The molecule has 0 amide bonds. The Hall–Kier alpha value is -1.75. The second kappa shape index (κ2) is 6.61. The predicted octanol–water partition coefficient (Wildman–Crippen LogP) is 2.28. The van der Waals surface area contributed by atoms with Crippen LogP contribution in [0.5, 0.6) is 0 Å². The SMILES string of the molecule is CCC1OCCC1CNc1c(N)cccc1C(=O)OC. The highest BCUT2D eigenvalue weighted by Gasteiger charge is 2.27. The summed E-state index contributed by atoms with van der Waals surface area (Å²) in [6.45, 7) is 3.68. The van der Waals surface area contributed by atoms with Crippen LogP contribution in [0.3, 0.4) is 0 Å². The van der Waals surface area contributed by atoms with Crippen LogP contribution in [0.2, 0.25) is 0 Å². The van der Waals surface area contributed by atoms with Crippen molar-refractivity contribution in [2.24, 2.45) is 5.92 Å². The van der Waals surface area contributed by atoms with E-state index in [1.54, 1.807) is 18.2 Å². The van der Waals surface area contributed by atoms with Crippen LogP contribution in [0.1, 0.15) is 30.1 Å². The van der Waals surface area contributed by atoms with Gasteiger partial charge in [0.05, 0.1) is 30.2 Å². The molecule has 0 saturated carbocycles. The fourth-order valence-electron chi connectivity index (χ4n) is 2.66. The van der Waals surface area contributed by atoms with Crippen molar-refractivity contribution in [1.82, 2.24) is 0 Å². The topological polar surface area (TPSA) is 73.6 Å². The Bertz CT molecular complexity index is 476. The lowest BCUT2D eigenvalue weighted by Crippen LogP contribution is -2.24. The lowest BCUT2D eigenvalue weighted by molar-refractivity contribution is 0.0602. The quantitative estimate of drug-likeness (QED) is 0.638. The second-order valence-corrected chi connectivity index (χ2v) is 5.01. The summed E-state index contributed by atoms with van der Waals surface area (Å²) in [7, 11) is 1.37. The highest BCUT2D eigenvalue weighted by Crippen LogP contribution is 2.28. The van der Waals surface area contributed by atoms with Gasteiger partial charge in [-0.25, -0.2) is 4.79 Å². The van der Waals surface area contributed by atoms with Gasteiger partial charge in [0, 0.05) is 19.1 Å². The maximum Gasteiger partial charge on any atom is 0.340 e. The highest BCUT2D eigenvalue weighted by molar-refractivity contribution is 5.98. The summed E-state index contributed by atoms with van der Waals surface area (Å²) in [5, 5.41) is 3.30. The van der Waals surface area contributed by atoms with Crippen LogP contribution in [-0.4, -0.2) is 32.3 Å². The third kappa shape index (κ3) is 3.04. The zero-order valence-corrected chi connectivity index (χ0v) is 12.0. The molecule has 1 fully saturated rings. The van der Waals surface area contributed by atoms with Gasteiger partial charge in [-0.05, 0) is 25.0 Å². The molecule has 1 aliphatic heterocycles. The highest BCUT2D eigenvalue weighted by atomic mass is 16.5. The van der Waals surface area contributed by atoms with Crippen LogP contribution in [0.4, 0.5) is 11.4 Å². The predicted molar refractivity (Wildman–Crippen MR) is 78.8 cm³/mol. The normalized spacial score (nSPS) is 21.7. The van der Waals surface area contributed by atoms with Gasteiger partial charge < -0.3 is 20.5 Å². The van der Waals surface area contributed by atoms with E-state index < -0.39 is 0 Å². The first-order chi connectivity index (χ1) is 9.67. The first kappa shape index (κ1) is 14.7. The van der Waals surface area contributed by atoms with Crippen molar-refractivity contribution in [3.8, 4) is 0 Å². The summed E-state index contributed by atoms with van der Waals surface area (Å²) in [5.41, 5.74) is 7.65. The van der Waals surface area contributed by atoms with Crippen molar-refractivity contribution in [1.29, 1.82) is 0 Å². The number of anilines is 2. The zero-order chi connectivity index (χ0) is 14.5. The van der Waals surface area contributed by atoms with Gasteiger partial charge in [0.25, 0.3) is 0 Å². The van der Waals surface area contributed by atoms with Crippen molar-refractivity contribution in [2.45, 2.75) is 25.9 Å². The second-order valence-electron chi connectivity index (χ2n) is 5.01. The number of esters is 1. The standard InChI is InChI=1S/C15H22N2O3/c1-3-13-10(7-8-20-13)9-17-14-11(15(18)19-2)5-4-6-12(14)16/h4-6,10,13,17H,3,7-9,16H2,1-2H3. The number of nitrogens with two attached hydrogens (primary N) is 1. The number of nitrogens with one attached hydrogen (secondary N) is 1. The molecular weight excluding hydrogens is 256 g/mol. The van der Waals surface area contributed by atoms with E-state index in [4.69, 9.17) is 15.2 Å². The van der Waals surface area contributed by atoms with Gasteiger partial charge in [-0.2, -0.15) is 0 Å². The van der Waals surface area contributed by atoms with Crippen LogP contribution in [0, 0.1) is 5.92 Å². The zero-order valence-electron chi connectivity index (χ0n) is 12.0. The lowest BCUT2D eigenvalue weighted by atomic mass is 9.99. The molecule has 1 aromatic rings. The van der Waals surface area contributed by atoms with Crippen LogP contribution >= 0.6 is 0 Å². The Kier molecular flexibility index (Phi) is 4.84. The molecule has 2 atom stereocenters. The monoisotopic (exact) mass is 278 g/mol. The largest absolute Gasteiger partial charge is 0.465 e. The number of methoxy groups -OCH3 is 1. The molecule has 110 valence electrons. The van der Waals surface area contributed by atoms with E-state index in [0.29, 0.717) is 22.9 Å². The molecule has 1 heterocycles. The number of carbonyl (C=O) groups excluding carboxylic acids is 1. The van der Waals surface area contributed by atoms with Gasteiger partial charge in [0.15, 0.2) is 0 Å². The minimum Gasteiger partial charge on any atom is -0.465 e. The summed E-state index contributed by atoms with van der Waals surface area (Å²) in [4.78, 5) is 11.8. The summed E-state index contributed by atoms with van der Waals surface area (Å²) in [6.07, 6.45) is 2.32. The van der Waals surface area contributed by atoms with E-state index in [2.05, 4.69) is 12.2 Å². The molecule has 1 aromatic carbocycles. The number of rotatable bonds is 5. The van der Waals surface area contributed by atoms with E-state index in [0.717, 1.165) is 26.0 Å². The van der Waals surface area contributed by atoms with Crippen molar-refractivity contribution < 1.29 is 14.3 Å². The summed E-state index contributed by atoms with van der Waals surface area (Å²) >= 11 is 0. The maximum atomic E-state index is 11.8. The van der Waals surface area contributed by atoms with Crippen LogP contribution in [0.25, 0.3) is 0 Å². The number of carbonyl (C=O) groups is 1. The van der Waals surface area contributed by atoms with Gasteiger partial charge in [0.2, 0.25) is 0 Å². The number of hydrogen-bond donors (Lipinski definition) is 2. The smallest absolute Gasteiger partial charge is 0.340 e. The van der Waals surface area contributed by atoms with Gasteiger partial charge in [-0.1, -0.05) is 13.0 Å². The average molecular weight is 278 g/mol. The number of para-hydroxylation sites is 1. The molecule has 20 heavy (non-hydrogen) atoms. The van der Waals surface area contributed by atoms with Crippen molar-refractivity contribution in [2.75, 3.05) is 31.3 Å². The Morgan fingerprint density at radius 1 is 1.55 bits per heavy atom. The molecule has 2 rings (SSSR count). The lowest BCUT2D eigenvalue weighted by Gasteiger charge is -2.20. The van der Waals surface area contributed by atoms with E-state index in [9.17, 15) is 4.79 Å².